The molecule has 2 aromatic rings. The Balaban J connectivity index is 1.71. The predicted octanol–water partition coefficient (Wildman–Crippen LogP) is 3.13. The summed E-state index contributed by atoms with van der Waals surface area (Å²) in [7, 11) is 1.68. The van der Waals surface area contributed by atoms with Crippen molar-refractivity contribution in [1.82, 2.24) is 9.97 Å². The fourth-order valence-corrected chi connectivity index (χ4v) is 2.66. The van der Waals surface area contributed by atoms with Crippen molar-refractivity contribution >= 4 is 17.5 Å². The summed E-state index contributed by atoms with van der Waals surface area (Å²) in [6, 6.07) is 8.29. The third kappa shape index (κ3) is 2.70. The van der Waals surface area contributed by atoms with Crippen LogP contribution in [0.5, 0.6) is 5.75 Å². The number of anilines is 1. The molecule has 1 aromatic carbocycles. The monoisotopic (exact) mass is 289 g/mol. The molecule has 0 amide bonds. The highest BCUT2D eigenvalue weighted by molar-refractivity contribution is 6.30. The smallest absolute Gasteiger partial charge is 0.225 e. The van der Waals surface area contributed by atoms with Gasteiger partial charge in [0.1, 0.15) is 5.75 Å². The first-order chi connectivity index (χ1) is 9.76. The highest BCUT2D eigenvalue weighted by atomic mass is 35.5. The van der Waals surface area contributed by atoms with Crippen molar-refractivity contribution in [3.63, 3.8) is 0 Å². The fraction of sp³-hybridized carbons (Fsp3) is 0.333. The number of aromatic nitrogens is 2. The largest absolute Gasteiger partial charge is 0.497 e. The van der Waals surface area contributed by atoms with Gasteiger partial charge in [0.15, 0.2) is 0 Å². The average molecular weight is 290 g/mol. The molecule has 104 valence electrons. The first kappa shape index (κ1) is 13.2. The molecule has 0 saturated carbocycles. The minimum Gasteiger partial charge on any atom is -0.497 e. The molecule has 4 nitrogen and oxygen atoms in total. The van der Waals surface area contributed by atoms with Crippen LogP contribution in [0.15, 0.2) is 36.7 Å². The molecule has 1 saturated heterocycles. The zero-order chi connectivity index (χ0) is 13.9. The van der Waals surface area contributed by atoms with E-state index in [0.29, 0.717) is 10.9 Å². The van der Waals surface area contributed by atoms with Crippen LogP contribution in [-0.4, -0.2) is 30.2 Å². The lowest BCUT2D eigenvalue weighted by molar-refractivity contribution is 0.414. The van der Waals surface area contributed by atoms with Crippen molar-refractivity contribution in [3.05, 3.63) is 47.2 Å². The molecule has 1 aliphatic rings. The standard InChI is InChI=1S/C15H16ClN3O/c1-20-14-4-2-11(3-5-14)12-6-7-19(10-12)15-17-8-13(16)9-18-15/h2-5,8-9,12H,6-7,10H2,1H3/t12-/m1/s1. The van der Waals surface area contributed by atoms with Crippen LogP contribution in [-0.2, 0) is 0 Å². The third-order valence-electron chi connectivity index (χ3n) is 3.67. The summed E-state index contributed by atoms with van der Waals surface area (Å²) in [5, 5.41) is 0.569. The van der Waals surface area contributed by atoms with Crippen molar-refractivity contribution in [2.75, 3.05) is 25.1 Å². The van der Waals surface area contributed by atoms with Crippen LogP contribution in [0.2, 0.25) is 5.02 Å². The van der Waals surface area contributed by atoms with Crippen molar-refractivity contribution in [3.8, 4) is 5.75 Å². The van der Waals surface area contributed by atoms with Crippen LogP contribution in [0, 0.1) is 0 Å². The summed E-state index contributed by atoms with van der Waals surface area (Å²) in [6.45, 7) is 1.91. The molecular formula is C15H16ClN3O. The molecule has 1 atom stereocenters. The van der Waals surface area contributed by atoms with E-state index in [1.807, 2.05) is 12.1 Å². The molecule has 0 radical (unpaired) electrons. The molecular weight excluding hydrogens is 274 g/mol. The number of nitrogens with zero attached hydrogens (tertiary/aromatic N) is 3. The molecule has 3 rings (SSSR count). The lowest BCUT2D eigenvalue weighted by Crippen LogP contribution is -2.21. The van der Waals surface area contributed by atoms with Crippen molar-refractivity contribution in [2.24, 2.45) is 0 Å². The molecule has 1 fully saturated rings. The summed E-state index contributed by atoms with van der Waals surface area (Å²) in [5.41, 5.74) is 1.34. The van der Waals surface area contributed by atoms with Crippen LogP contribution in [0.1, 0.15) is 17.9 Å². The van der Waals surface area contributed by atoms with Gasteiger partial charge in [-0.1, -0.05) is 23.7 Å². The van der Waals surface area contributed by atoms with Gasteiger partial charge < -0.3 is 9.64 Å². The van der Waals surface area contributed by atoms with Gasteiger partial charge in [-0.3, -0.25) is 0 Å². The predicted molar refractivity (Wildman–Crippen MR) is 79.6 cm³/mol. The number of ether oxygens (including phenoxy) is 1. The average Bonchev–Trinajstić information content (AvgIpc) is 2.98. The second-order valence-corrected chi connectivity index (χ2v) is 5.34. The zero-order valence-electron chi connectivity index (χ0n) is 11.3. The summed E-state index contributed by atoms with van der Waals surface area (Å²) in [6.07, 6.45) is 4.40. The number of hydrogen-bond donors (Lipinski definition) is 0. The van der Waals surface area contributed by atoms with Crippen LogP contribution in [0.3, 0.4) is 0 Å². The van der Waals surface area contributed by atoms with E-state index in [0.717, 1.165) is 31.2 Å². The van der Waals surface area contributed by atoms with Crippen LogP contribution < -0.4 is 9.64 Å². The summed E-state index contributed by atoms with van der Waals surface area (Å²) < 4.78 is 5.19. The third-order valence-corrected chi connectivity index (χ3v) is 3.86. The molecule has 0 N–H and O–H groups in total. The molecule has 1 aromatic heterocycles. The first-order valence-electron chi connectivity index (χ1n) is 6.62. The van der Waals surface area contributed by atoms with Crippen LogP contribution in [0.4, 0.5) is 5.95 Å². The van der Waals surface area contributed by atoms with Gasteiger partial charge in [-0.2, -0.15) is 0 Å². The minimum atomic E-state index is 0.514. The van der Waals surface area contributed by atoms with Gasteiger partial charge in [0, 0.05) is 19.0 Å². The maximum absolute atomic E-state index is 5.82. The molecule has 0 bridgehead atoms. The van der Waals surface area contributed by atoms with Gasteiger partial charge in [-0.05, 0) is 24.1 Å². The Bertz CT molecular complexity index is 571. The second-order valence-electron chi connectivity index (χ2n) is 4.91. The van der Waals surface area contributed by atoms with Crippen LogP contribution in [0.25, 0.3) is 0 Å². The number of hydrogen-bond acceptors (Lipinski definition) is 4. The quantitative estimate of drug-likeness (QED) is 0.870. The highest BCUT2D eigenvalue weighted by Gasteiger charge is 2.25. The lowest BCUT2D eigenvalue weighted by atomic mass is 9.98. The van der Waals surface area contributed by atoms with E-state index in [1.165, 1.54) is 5.56 Å². The van der Waals surface area contributed by atoms with E-state index in [4.69, 9.17) is 16.3 Å². The van der Waals surface area contributed by atoms with Gasteiger partial charge in [0.25, 0.3) is 0 Å². The Morgan fingerprint density at radius 1 is 1.20 bits per heavy atom. The molecule has 0 spiro atoms. The van der Waals surface area contributed by atoms with Crippen molar-refractivity contribution < 1.29 is 4.74 Å². The zero-order valence-corrected chi connectivity index (χ0v) is 12.0. The second kappa shape index (κ2) is 5.67. The molecule has 1 aliphatic heterocycles. The Morgan fingerprint density at radius 2 is 1.90 bits per heavy atom. The van der Waals surface area contributed by atoms with E-state index >= 15 is 0 Å². The molecule has 0 aliphatic carbocycles. The van der Waals surface area contributed by atoms with E-state index in [9.17, 15) is 0 Å². The van der Waals surface area contributed by atoms with Gasteiger partial charge in [-0.15, -0.1) is 0 Å². The Labute approximate surface area is 123 Å². The summed E-state index contributed by atoms with van der Waals surface area (Å²) in [5.74, 6) is 2.16. The fourth-order valence-electron chi connectivity index (χ4n) is 2.56. The Morgan fingerprint density at radius 3 is 2.55 bits per heavy atom. The van der Waals surface area contributed by atoms with Crippen LogP contribution >= 0.6 is 11.6 Å². The lowest BCUT2D eigenvalue weighted by Gasteiger charge is -2.16. The Hall–Kier alpha value is -1.81. The van der Waals surface area contributed by atoms with E-state index in [1.54, 1.807) is 19.5 Å². The van der Waals surface area contributed by atoms with Gasteiger partial charge in [0.2, 0.25) is 5.95 Å². The molecule has 0 unspecified atom stereocenters. The van der Waals surface area contributed by atoms with E-state index < -0.39 is 0 Å². The van der Waals surface area contributed by atoms with Crippen molar-refractivity contribution in [1.29, 1.82) is 0 Å². The highest BCUT2D eigenvalue weighted by Crippen LogP contribution is 2.30. The number of halogens is 1. The number of rotatable bonds is 3. The van der Waals surface area contributed by atoms with Gasteiger partial charge in [-0.25, -0.2) is 9.97 Å². The number of benzene rings is 1. The SMILES string of the molecule is COc1ccc([C@@H]2CCN(c3ncc(Cl)cn3)C2)cc1. The summed E-state index contributed by atoms with van der Waals surface area (Å²) >= 11 is 5.82. The van der Waals surface area contributed by atoms with Crippen molar-refractivity contribution in [2.45, 2.75) is 12.3 Å². The Kier molecular flexibility index (Phi) is 3.74. The van der Waals surface area contributed by atoms with Gasteiger partial charge in [0.05, 0.1) is 24.5 Å². The topological polar surface area (TPSA) is 38.2 Å². The first-order valence-corrected chi connectivity index (χ1v) is 7.00. The molecule has 20 heavy (non-hydrogen) atoms. The van der Waals surface area contributed by atoms with E-state index in [-0.39, 0.29) is 0 Å². The summed E-state index contributed by atoms with van der Waals surface area (Å²) in [4.78, 5) is 10.8. The maximum Gasteiger partial charge on any atom is 0.225 e. The minimum absolute atomic E-state index is 0.514. The maximum atomic E-state index is 5.82. The molecule has 2 heterocycles. The number of methoxy groups -OCH3 is 1. The van der Waals surface area contributed by atoms with E-state index in [2.05, 4.69) is 27.0 Å². The normalized spacial score (nSPS) is 18.3. The molecule has 5 heteroatoms. The van der Waals surface area contributed by atoms with Gasteiger partial charge >= 0.3 is 0 Å².